The number of rotatable bonds is 5. The van der Waals surface area contributed by atoms with Gasteiger partial charge in [-0.05, 0) is 31.0 Å². The molecular weight excluding hydrogens is 246 g/mol. The number of aliphatic hydroxyl groups excluding tert-OH is 1. The van der Waals surface area contributed by atoms with Crippen molar-refractivity contribution in [2.45, 2.75) is 12.8 Å². The molecule has 2 aromatic rings. The number of carbonyl (C=O) groups is 1. The molecule has 100 valence electrons. The van der Waals surface area contributed by atoms with E-state index in [1.807, 2.05) is 0 Å². The van der Waals surface area contributed by atoms with E-state index in [1.54, 1.807) is 18.3 Å². The number of pyridine rings is 2. The highest BCUT2D eigenvalue weighted by Gasteiger charge is 2.11. The predicted molar refractivity (Wildman–Crippen MR) is 71.0 cm³/mol. The lowest BCUT2D eigenvalue weighted by Crippen LogP contribution is -2.30. The molecule has 0 bridgehead atoms. The normalized spacial score (nSPS) is 10.6. The van der Waals surface area contributed by atoms with E-state index in [2.05, 4.69) is 15.3 Å². The van der Waals surface area contributed by atoms with Crippen molar-refractivity contribution >= 4 is 16.9 Å². The lowest BCUT2D eigenvalue weighted by Gasteiger charge is -2.04. The topological polar surface area (TPSA) is 95.1 Å². The van der Waals surface area contributed by atoms with Crippen LogP contribution in [0.5, 0.6) is 0 Å². The fourth-order valence-corrected chi connectivity index (χ4v) is 1.73. The van der Waals surface area contributed by atoms with Crippen LogP contribution >= 0.6 is 0 Å². The van der Waals surface area contributed by atoms with Crippen molar-refractivity contribution in [3.8, 4) is 0 Å². The molecule has 3 N–H and O–H groups in total. The summed E-state index contributed by atoms with van der Waals surface area (Å²) in [6, 6.07) is 4.93. The third-order valence-corrected chi connectivity index (χ3v) is 2.73. The van der Waals surface area contributed by atoms with Gasteiger partial charge in [0.25, 0.3) is 11.5 Å². The summed E-state index contributed by atoms with van der Waals surface area (Å²) in [6.45, 7) is 0.523. The average Bonchev–Trinajstić information content (AvgIpc) is 2.42. The highest BCUT2D eigenvalue weighted by molar-refractivity contribution is 5.96. The van der Waals surface area contributed by atoms with E-state index in [1.165, 1.54) is 6.07 Å². The Morgan fingerprint density at radius 1 is 1.42 bits per heavy atom. The van der Waals surface area contributed by atoms with Crippen LogP contribution in [-0.2, 0) is 0 Å². The van der Waals surface area contributed by atoms with Crippen LogP contribution in [0.2, 0.25) is 0 Å². The van der Waals surface area contributed by atoms with Gasteiger partial charge in [0.15, 0.2) is 0 Å². The fourth-order valence-electron chi connectivity index (χ4n) is 1.73. The van der Waals surface area contributed by atoms with Crippen molar-refractivity contribution in [2.75, 3.05) is 13.2 Å². The highest BCUT2D eigenvalue weighted by atomic mass is 16.3. The van der Waals surface area contributed by atoms with Gasteiger partial charge in [-0.2, -0.15) is 0 Å². The van der Waals surface area contributed by atoms with Gasteiger partial charge < -0.3 is 15.4 Å². The second-order valence-electron chi connectivity index (χ2n) is 4.13. The van der Waals surface area contributed by atoms with Gasteiger partial charge in [-0.15, -0.1) is 0 Å². The molecule has 0 unspecified atom stereocenters. The summed E-state index contributed by atoms with van der Waals surface area (Å²) in [5.74, 6) is -0.424. The zero-order valence-corrected chi connectivity index (χ0v) is 10.3. The van der Waals surface area contributed by atoms with Gasteiger partial charge in [0.1, 0.15) is 5.56 Å². The minimum Gasteiger partial charge on any atom is -0.396 e. The van der Waals surface area contributed by atoms with E-state index in [0.29, 0.717) is 30.4 Å². The first-order valence-corrected chi connectivity index (χ1v) is 6.09. The van der Waals surface area contributed by atoms with Crippen molar-refractivity contribution in [1.82, 2.24) is 15.3 Å². The Bertz CT molecular complexity index is 636. The van der Waals surface area contributed by atoms with E-state index in [-0.39, 0.29) is 12.2 Å². The van der Waals surface area contributed by atoms with Crippen LogP contribution in [0.1, 0.15) is 23.2 Å². The number of nitrogens with zero attached hydrogens (tertiary/aromatic N) is 1. The lowest BCUT2D eigenvalue weighted by atomic mass is 10.2. The van der Waals surface area contributed by atoms with Gasteiger partial charge in [-0.3, -0.25) is 14.6 Å². The summed E-state index contributed by atoms with van der Waals surface area (Å²) in [5, 5.41) is 11.3. The second-order valence-corrected chi connectivity index (χ2v) is 4.13. The Morgan fingerprint density at radius 3 is 3.05 bits per heavy atom. The van der Waals surface area contributed by atoms with E-state index in [0.717, 1.165) is 0 Å². The summed E-state index contributed by atoms with van der Waals surface area (Å²) >= 11 is 0. The Balaban J connectivity index is 2.17. The summed E-state index contributed by atoms with van der Waals surface area (Å²) in [7, 11) is 0. The molecule has 0 spiro atoms. The second kappa shape index (κ2) is 6.10. The van der Waals surface area contributed by atoms with Crippen LogP contribution in [0.4, 0.5) is 0 Å². The van der Waals surface area contributed by atoms with Gasteiger partial charge in [-0.1, -0.05) is 0 Å². The molecule has 0 fully saturated rings. The first-order chi connectivity index (χ1) is 9.22. The largest absolute Gasteiger partial charge is 0.396 e. The summed E-state index contributed by atoms with van der Waals surface area (Å²) < 4.78 is 0. The molecule has 19 heavy (non-hydrogen) atoms. The molecule has 0 radical (unpaired) electrons. The maximum Gasteiger partial charge on any atom is 0.261 e. The molecule has 6 heteroatoms. The maximum absolute atomic E-state index is 11.9. The summed E-state index contributed by atoms with van der Waals surface area (Å²) in [6.07, 6.45) is 2.89. The first kappa shape index (κ1) is 13.2. The molecular formula is C13H15N3O3. The molecule has 0 atom stereocenters. The van der Waals surface area contributed by atoms with Crippen molar-refractivity contribution in [1.29, 1.82) is 0 Å². The lowest BCUT2D eigenvalue weighted by molar-refractivity contribution is 0.0950. The molecule has 0 aromatic carbocycles. The standard InChI is InChI=1S/C13H15N3O3/c17-7-2-1-5-15-12(18)9-8-11-10(16-13(9)19)4-3-6-14-11/h3-4,6,8,17H,1-2,5,7H2,(H,15,18)(H,16,19). The molecule has 6 nitrogen and oxygen atoms in total. The molecule has 0 aliphatic rings. The van der Waals surface area contributed by atoms with Crippen LogP contribution in [0, 0.1) is 0 Å². The zero-order valence-electron chi connectivity index (χ0n) is 10.3. The van der Waals surface area contributed by atoms with Crippen molar-refractivity contribution in [3.63, 3.8) is 0 Å². The van der Waals surface area contributed by atoms with Crippen LogP contribution in [0.15, 0.2) is 29.2 Å². The first-order valence-electron chi connectivity index (χ1n) is 6.09. The zero-order chi connectivity index (χ0) is 13.7. The molecule has 0 saturated carbocycles. The smallest absolute Gasteiger partial charge is 0.261 e. The number of hydrogen-bond donors (Lipinski definition) is 3. The molecule has 2 rings (SSSR count). The van der Waals surface area contributed by atoms with Crippen LogP contribution in [-0.4, -0.2) is 34.1 Å². The summed E-state index contributed by atoms with van der Waals surface area (Å²) in [5.41, 5.74) is 0.794. The van der Waals surface area contributed by atoms with Crippen LogP contribution in [0.25, 0.3) is 11.0 Å². The average molecular weight is 261 g/mol. The molecule has 0 saturated heterocycles. The van der Waals surface area contributed by atoms with Crippen molar-refractivity contribution in [3.05, 3.63) is 40.3 Å². The van der Waals surface area contributed by atoms with E-state index in [9.17, 15) is 9.59 Å². The monoisotopic (exact) mass is 261 g/mol. The Labute approximate surface area is 109 Å². The minimum absolute atomic E-state index is 0.0511. The number of carbonyl (C=O) groups excluding carboxylic acids is 1. The fraction of sp³-hybridized carbons (Fsp3) is 0.308. The summed E-state index contributed by atoms with van der Waals surface area (Å²) in [4.78, 5) is 30.3. The number of hydrogen-bond acceptors (Lipinski definition) is 4. The van der Waals surface area contributed by atoms with Gasteiger partial charge in [0, 0.05) is 19.3 Å². The predicted octanol–water partition coefficient (Wildman–Crippen LogP) is 0.425. The number of aromatic nitrogens is 2. The van der Waals surface area contributed by atoms with Gasteiger partial charge in [0.2, 0.25) is 0 Å². The number of aromatic amines is 1. The van der Waals surface area contributed by atoms with Gasteiger partial charge >= 0.3 is 0 Å². The minimum atomic E-state index is -0.430. The molecule has 0 aliphatic heterocycles. The van der Waals surface area contributed by atoms with Gasteiger partial charge in [-0.25, -0.2) is 0 Å². The van der Waals surface area contributed by atoms with E-state index < -0.39 is 11.5 Å². The van der Waals surface area contributed by atoms with Crippen molar-refractivity contribution < 1.29 is 9.90 Å². The Kier molecular flexibility index (Phi) is 4.25. The third kappa shape index (κ3) is 3.17. The molecule has 2 heterocycles. The quantitative estimate of drug-likeness (QED) is 0.680. The van der Waals surface area contributed by atoms with E-state index >= 15 is 0 Å². The SMILES string of the molecule is O=C(NCCCCO)c1cc2ncccc2[nH]c1=O. The molecule has 0 aliphatic carbocycles. The number of unbranched alkanes of at least 4 members (excludes halogenated alkanes) is 1. The van der Waals surface area contributed by atoms with Crippen molar-refractivity contribution in [2.24, 2.45) is 0 Å². The Hall–Kier alpha value is -2.21. The van der Waals surface area contributed by atoms with Gasteiger partial charge in [0.05, 0.1) is 11.0 Å². The molecule has 1 amide bonds. The number of aliphatic hydroxyl groups is 1. The number of nitrogens with one attached hydrogen (secondary N) is 2. The number of H-pyrrole nitrogens is 1. The Morgan fingerprint density at radius 2 is 2.26 bits per heavy atom. The third-order valence-electron chi connectivity index (χ3n) is 2.73. The highest BCUT2D eigenvalue weighted by Crippen LogP contribution is 2.06. The number of amides is 1. The van der Waals surface area contributed by atoms with Crippen LogP contribution in [0.3, 0.4) is 0 Å². The van der Waals surface area contributed by atoms with Crippen LogP contribution < -0.4 is 10.9 Å². The van der Waals surface area contributed by atoms with E-state index in [4.69, 9.17) is 5.11 Å². The maximum atomic E-state index is 11.9. The molecule has 2 aromatic heterocycles. The number of fused-ring (bicyclic) bond motifs is 1.